The molecule has 2 aliphatic rings. The number of rotatable bonds is 20. The molecule has 4 N–H and O–H groups in total. The van der Waals surface area contributed by atoms with Crippen molar-refractivity contribution in [3.63, 3.8) is 0 Å². The van der Waals surface area contributed by atoms with Gasteiger partial charge in [0.25, 0.3) is 0 Å². The van der Waals surface area contributed by atoms with Crippen LogP contribution in [0.3, 0.4) is 0 Å². The number of ether oxygens (including phenoxy) is 7. The van der Waals surface area contributed by atoms with E-state index in [1.807, 2.05) is 0 Å². The third kappa shape index (κ3) is 11.8. The summed E-state index contributed by atoms with van der Waals surface area (Å²) in [6.07, 6.45) is -6.22. The number of carbonyl (C=O) groups excluding carboxylic acids is 4. The highest BCUT2D eigenvalue weighted by atomic mass is 16.8. The van der Waals surface area contributed by atoms with Gasteiger partial charge >= 0.3 is 23.9 Å². The Labute approximate surface area is 288 Å². The van der Waals surface area contributed by atoms with Crippen LogP contribution in [0.2, 0.25) is 0 Å². The Morgan fingerprint density at radius 3 is 1.69 bits per heavy atom. The predicted molar refractivity (Wildman–Crippen MR) is 171 cm³/mol. The van der Waals surface area contributed by atoms with Crippen molar-refractivity contribution in [2.45, 2.75) is 155 Å². The molecule has 0 saturated carbocycles. The lowest BCUT2D eigenvalue weighted by Gasteiger charge is -2.46. The first-order chi connectivity index (χ1) is 23.2. The second kappa shape index (κ2) is 20.4. The quantitative estimate of drug-likeness (QED) is 0.0809. The van der Waals surface area contributed by atoms with E-state index in [4.69, 9.17) is 33.2 Å². The molecule has 2 saturated heterocycles. The lowest BCUT2D eigenvalue weighted by Crippen LogP contribution is -2.65. The standard InChI is InChI=1S/C34H58O15/c1-8-9-10-11-12-13-14-15-24(38)44-28-27(46-31(41)20(4)5)26(45-30(40)19(2)3)23(17-36)43-33(28)49-34(18-37)29(47-32(42)21(6)7)25(39)22(16-35)48-34/h19-23,25-29,33,35-37,39H,8-18H2,1-7H3. The van der Waals surface area contributed by atoms with Crippen molar-refractivity contribution < 1.29 is 72.8 Å². The third-order valence-electron chi connectivity index (χ3n) is 8.38. The van der Waals surface area contributed by atoms with Crippen molar-refractivity contribution in [2.75, 3.05) is 19.8 Å². The van der Waals surface area contributed by atoms with Crippen LogP contribution < -0.4 is 0 Å². The summed E-state index contributed by atoms with van der Waals surface area (Å²) in [5.74, 6) is -7.35. The average Bonchev–Trinajstić information content (AvgIpc) is 3.32. The second-order valence-electron chi connectivity index (χ2n) is 13.6. The van der Waals surface area contributed by atoms with E-state index < -0.39 is 116 Å². The minimum atomic E-state index is -2.39. The molecule has 0 radical (unpaired) electrons. The van der Waals surface area contributed by atoms with E-state index in [0.717, 1.165) is 38.5 Å². The van der Waals surface area contributed by atoms with Gasteiger partial charge in [0.05, 0.1) is 31.0 Å². The Morgan fingerprint density at radius 2 is 1.18 bits per heavy atom. The van der Waals surface area contributed by atoms with Crippen molar-refractivity contribution >= 4 is 23.9 Å². The topological polar surface area (TPSA) is 214 Å². The molecule has 9 unspecified atom stereocenters. The minimum Gasteiger partial charge on any atom is -0.455 e. The number of carbonyl (C=O) groups is 4. The van der Waals surface area contributed by atoms with Crippen LogP contribution in [0.1, 0.15) is 99.8 Å². The molecule has 0 aromatic carbocycles. The van der Waals surface area contributed by atoms with Crippen LogP contribution in [0.4, 0.5) is 0 Å². The van der Waals surface area contributed by atoms with Gasteiger partial charge in [-0.25, -0.2) is 0 Å². The fraction of sp³-hybridized carbons (Fsp3) is 0.882. The van der Waals surface area contributed by atoms with Gasteiger partial charge in [-0.3, -0.25) is 19.2 Å². The SMILES string of the molecule is CCCCCCCCCC(=O)OC1C(OC2(CO)OC(CO)C(O)C2OC(=O)C(C)C)OC(CO)C(OC(=O)C(C)C)C1OC(=O)C(C)C. The summed E-state index contributed by atoms with van der Waals surface area (Å²) in [6, 6.07) is 0. The van der Waals surface area contributed by atoms with Crippen molar-refractivity contribution in [1.29, 1.82) is 0 Å². The maximum atomic E-state index is 13.3. The molecule has 49 heavy (non-hydrogen) atoms. The Hall–Kier alpha value is -2.40. The lowest BCUT2D eigenvalue weighted by molar-refractivity contribution is -0.384. The van der Waals surface area contributed by atoms with Crippen LogP contribution in [-0.2, 0) is 52.3 Å². The summed E-state index contributed by atoms with van der Waals surface area (Å²) in [7, 11) is 0. The third-order valence-corrected chi connectivity index (χ3v) is 8.38. The number of aliphatic hydroxyl groups excluding tert-OH is 4. The Kier molecular flexibility index (Phi) is 17.8. The minimum absolute atomic E-state index is 0.0245. The van der Waals surface area contributed by atoms with Gasteiger partial charge in [0.1, 0.15) is 24.9 Å². The van der Waals surface area contributed by atoms with Crippen LogP contribution in [-0.4, -0.2) is 119 Å². The van der Waals surface area contributed by atoms with Crippen LogP contribution in [0, 0.1) is 17.8 Å². The van der Waals surface area contributed by atoms with Gasteiger partial charge < -0.3 is 53.6 Å². The van der Waals surface area contributed by atoms with Gasteiger partial charge in [-0.1, -0.05) is 87.0 Å². The van der Waals surface area contributed by atoms with Gasteiger partial charge in [-0.05, 0) is 6.42 Å². The highest BCUT2D eigenvalue weighted by Gasteiger charge is 2.62. The highest BCUT2D eigenvalue weighted by Crippen LogP contribution is 2.40. The van der Waals surface area contributed by atoms with Gasteiger partial charge in [-0.2, -0.15) is 0 Å². The normalized spacial score (nSPS) is 30.1. The lowest BCUT2D eigenvalue weighted by atomic mass is 9.97. The molecule has 9 atom stereocenters. The predicted octanol–water partition coefficient (Wildman–Crippen LogP) is 1.92. The van der Waals surface area contributed by atoms with E-state index in [0.29, 0.717) is 6.42 Å². The second-order valence-corrected chi connectivity index (χ2v) is 13.6. The first-order valence-corrected chi connectivity index (χ1v) is 17.5. The molecular formula is C34H58O15. The van der Waals surface area contributed by atoms with Crippen LogP contribution in [0.5, 0.6) is 0 Å². The summed E-state index contributed by atoms with van der Waals surface area (Å²) < 4.78 is 40.6. The van der Waals surface area contributed by atoms with Crippen LogP contribution in [0.25, 0.3) is 0 Å². The molecule has 15 heteroatoms. The molecule has 284 valence electrons. The van der Waals surface area contributed by atoms with Crippen LogP contribution >= 0.6 is 0 Å². The molecule has 15 nitrogen and oxygen atoms in total. The Morgan fingerprint density at radius 1 is 0.673 bits per heavy atom. The summed E-state index contributed by atoms with van der Waals surface area (Å²) in [4.78, 5) is 51.8. The van der Waals surface area contributed by atoms with E-state index in [-0.39, 0.29) is 6.42 Å². The highest BCUT2D eigenvalue weighted by molar-refractivity contribution is 5.73. The molecule has 0 aromatic heterocycles. The van der Waals surface area contributed by atoms with E-state index in [1.54, 1.807) is 41.5 Å². The number of hydrogen-bond acceptors (Lipinski definition) is 15. The molecule has 0 bridgehead atoms. The molecule has 0 spiro atoms. The molecule has 2 fully saturated rings. The van der Waals surface area contributed by atoms with Gasteiger partial charge in [0.15, 0.2) is 24.4 Å². The average molecular weight is 707 g/mol. The fourth-order valence-electron chi connectivity index (χ4n) is 5.37. The number of esters is 4. The number of aliphatic hydroxyl groups is 4. The maximum absolute atomic E-state index is 13.3. The Bertz CT molecular complexity index is 1050. The van der Waals surface area contributed by atoms with Crippen molar-refractivity contribution in [3.05, 3.63) is 0 Å². The Balaban J connectivity index is 2.55. The summed E-state index contributed by atoms with van der Waals surface area (Å²) in [5, 5.41) is 41.9. The number of hydrogen-bond donors (Lipinski definition) is 4. The smallest absolute Gasteiger partial charge is 0.308 e. The molecule has 2 aliphatic heterocycles. The van der Waals surface area contributed by atoms with Crippen molar-refractivity contribution in [3.8, 4) is 0 Å². The molecule has 0 aliphatic carbocycles. The van der Waals surface area contributed by atoms with Gasteiger partial charge in [-0.15, -0.1) is 0 Å². The zero-order chi connectivity index (χ0) is 36.9. The monoisotopic (exact) mass is 706 g/mol. The maximum Gasteiger partial charge on any atom is 0.308 e. The van der Waals surface area contributed by atoms with E-state index in [2.05, 4.69) is 6.92 Å². The summed E-state index contributed by atoms with van der Waals surface area (Å²) >= 11 is 0. The first kappa shape index (κ1) is 42.8. The van der Waals surface area contributed by atoms with Crippen molar-refractivity contribution in [2.24, 2.45) is 17.8 Å². The van der Waals surface area contributed by atoms with E-state index in [1.165, 1.54) is 0 Å². The van der Waals surface area contributed by atoms with E-state index >= 15 is 0 Å². The van der Waals surface area contributed by atoms with Crippen molar-refractivity contribution in [1.82, 2.24) is 0 Å². The molecule has 2 rings (SSSR count). The van der Waals surface area contributed by atoms with Crippen LogP contribution in [0.15, 0.2) is 0 Å². The molecular weight excluding hydrogens is 648 g/mol. The fourth-order valence-corrected chi connectivity index (χ4v) is 5.37. The summed E-state index contributed by atoms with van der Waals surface area (Å²) in [5.41, 5.74) is 0. The molecule has 0 aromatic rings. The molecule has 0 amide bonds. The van der Waals surface area contributed by atoms with Gasteiger partial charge in [0, 0.05) is 6.42 Å². The van der Waals surface area contributed by atoms with E-state index in [9.17, 15) is 39.6 Å². The zero-order valence-electron chi connectivity index (χ0n) is 29.9. The zero-order valence-corrected chi connectivity index (χ0v) is 29.9. The first-order valence-electron chi connectivity index (χ1n) is 17.5. The summed E-state index contributed by atoms with van der Waals surface area (Å²) in [6.45, 7) is 8.88. The number of unbranched alkanes of at least 4 members (excludes halogenated alkanes) is 6. The largest absolute Gasteiger partial charge is 0.455 e. The van der Waals surface area contributed by atoms with Gasteiger partial charge in [0.2, 0.25) is 12.1 Å². The molecule has 2 heterocycles.